The number of pyridine rings is 1. The number of hydrogen-bond acceptors (Lipinski definition) is 5. The first-order valence-electron chi connectivity index (χ1n) is 7.23. The van der Waals surface area contributed by atoms with Gasteiger partial charge in [-0.05, 0) is 32.8 Å². The Morgan fingerprint density at radius 1 is 1.32 bits per heavy atom. The predicted molar refractivity (Wildman–Crippen MR) is 77.5 cm³/mol. The van der Waals surface area contributed by atoms with Crippen LogP contribution in [0.1, 0.15) is 34.6 Å². The minimum absolute atomic E-state index is 0.120. The number of rotatable bonds is 2. The Morgan fingerprint density at radius 2 is 2.00 bits per heavy atom. The molecule has 1 fully saturated rings. The van der Waals surface area contributed by atoms with Gasteiger partial charge in [-0.2, -0.15) is 0 Å². The lowest BCUT2D eigenvalue weighted by molar-refractivity contribution is -0.143. The topological polar surface area (TPSA) is 96.5 Å². The molecular formula is C15H17N3O4. The molecule has 1 N–H and O–H groups in total. The molecule has 1 aliphatic heterocycles. The molecule has 22 heavy (non-hydrogen) atoms. The molecule has 0 aliphatic carbocycles. The number of amides is 1. The van der Waals surface area contributed by atoms with E-state index in [-0.39, 0.29) is 11.8 Å². The maximum Gasteiger partial charge on any atom is 0.306 e. The number of aliphatic carboxylic acids is 1. The molecular weight excluding hydrogens is 286 g/mol. The summed E-state index contributed by atoms with van der Waals surface area (Å²) in [6.07, 6.45) is 0.966. The summed E-state index contributed by atoms with van der Waals surface area (Å²) in [6, 6.07) is 1.73. The fourth-order valence-corrected chi connectivity index (χ4v) is 2.89. The van der Waals surface area contributed by atoms with Gasteiger partial charge in [0.25, 0.3) is 11.6 Å². The Hall–Kier alpha value is -2.44. The molecule has 1 aliphatic rings. The van der Waals surface area contributed by atoms with E-state index in [9.17, 15) is 9.59 Å². The zero-order chi connectivity index (χ0) is 15.9. The first-order chi connectivity index (χ1) is 10.5. The molecule has 2 aromatic heterocycles. The third-order valence-corrected chi connectivity index (χ3v) is 4.11. The van der Waals surface area contributed by atoms with Crippen molar-refractivity contribution in [1.82, 2.24) is 15.0 Å². The molecule has 7 heteroatoms. The Bertz CT molecular complexity index is 745. The van der Waals surface area contributed by atoms with Crippen LogP contribution >= 0.6 is 0 Å². The maximum atomic E-state index is 12.8. The van der Waals surface area contributed by atoms with Crippen molar-refractivity contribution >= 4 is 23.0 Å². The van der Waals surface area contributed by atoms with Gasteiger partial charge >= 0.3 is 5.97 Å². The number of carboxylic acid groups (broad SMARTS) is 1. The van der Waals surface area contributed by atoms with Crippen LogP contribution in [0.25, 0.3) is 11.1 Å². The normalized spacial score (nSPS) is 16.2. The van der Waals surface area contributed by atoms with E-state index in [1.807, 2.05) is 0 Å². The molecule has 7 nitrogen and oxygen atoms in total. The smallest absolute Gasteiger partial charge is 0.306 e. The van der Waals surface area contributed by atoms with Gasteiger partial charge in [-0.1, -0.05) is 5.16 Å². The summed E-state index contributed by atoms with van der Waals surface area (Å²) in [5.41, 5.74) is 2.20. The molecule has 0 radical (unpaired) electrons. The molecule has 0 unspecified atom stereocenters. The SMILES string of the molecule is Cc1cc(C(=O)N2CCC(C(=O)O)CC2)c2c(C)noc2n1. The van der Waals surface area contributed by atoms with Gasteiger partial charge in [0.15, 0.2) is 0 Å². The van der Waals surface area contributed by atoms with Crippen molar-refractivity contribution in [1.29, 1.82) is 0 Å². The largest absolute Gasteiger partial charge is 0.481 e. The summed E-state index contributed by atoms with van der Waals surface area (Å²) in [5, 5.41) is 13.5. The summed E-state index contributed by atoms with van der Waals surface area (Å²) in [6.45, 7) is 4.47. The standard InChI is InChI=1S/C15H17N3O4/c1-8-7-11(12-9(2)17-22-13(12)16-8)14(19)18-5-3-10(4-6-18)15(20)21/h7,10H,3-6H2,1-2H3,(H,20,21). The zero-order valence-corrected chi connectivity index (χ0v) is 12.5. The maximum absolute atomic E-state index is 12.8. The van der Waals surface area contributed by atoms with Crippen LogP contribution in [0.15, 0.2) is 10.6 Å². The molecule has 116 valence electrons. The fraction of sp³-hybridized carbons (Fsp3) is 0.467. The summed E-state index contributed by atoms with van der Waals surface area (Å²) in [5.74, 6) is -1.27. The minimum Gasteiger partial charge on any atom is -0.481 e. The van der Waals surface area contributed by atoms with Crippen molar-refractivity contribution in [2.24, 2.45) is 5.92 Å². The molecule has 1 amide bonds. The number of nitrogens with zero attached hydrogens (tertiary/aromatic N) is 3. The van der Waals surface area contributed by atoms with Crippen LogP contribution in [0.5, 0.6) is 0 Å². The molecule has 2 aromatic rings. The van der Waals surface area contributed by atoms with Gasteiger partial charge in [0.1, 0.15) is 0 Å². The van der Waals surface area contributed by atoms with Crippen molar-refractivity contribution in [3.8, 4) is 0 Å². The van der Waals surface area contributed by atoms with Gasteiger partial charge in [0, 0.05) is 18.8 Å². The van der Waals surface area contributed by atoms with Crippen LogP contribution < -0.4 is 0 Å². The zero-order valence-electron chi connectivity index (χ0n) is 12.5. The van der Waals surface area contributed by atoms with E-state index >= 15 is 0 Å². The van der Waals surface area contributed by atoms with Crippen molar-refractivity contribution in [3.63, 3.8) is 0 Å². The summed E-state index contributed by atoms with van der Waals surface area (Å²) >= 11 is 0. The van der Waals surface area contributed by atoms with E-state index in [0.29, 0.717) is 54.0 Å². The lowest BCUT2D eigenvalue weighted by Gasteiger charge is -2.30. The van der Waals surface area contributed by atoms with Crippen LogP contribution in [0.2, 0.25) is 0 Å². The van der Waals surface area contributed by atoms with Crippen molar-refractivity contribution in [2.75, 3.05) is 13.1 Å². The highest BCUT2D eigenvalue weighted by Crippen LogP contribution is 2.25. The summed E-state index contributed by atoms with van der Waals surface area (Å²) < 4.78 is 5.15. The highest BCUT2D eigenvalue weighted by Gasteiger charge is 2.29. The average Bonchev–Trinajstić information content (AvgIpc) is 2.87. The van der Waals surface area contributed by atoms with Crippen molar-refractivity contribution in [3.05, 3.63) is 23.0 Å². The number of hydrogen-bond donors (Lipinski definition) is 1. The number of likely N-dealkylation sites (tertiary alicyclic amines) is 1. The van der Waals surface area contributed by atoms with E-state index in [2.05, 4.69) is 10.1 Å². The monoisotopic (exact) mass is 303 g/mol. The molecule has 0 saturated carbocycles. The number of fused-ring (bicyclic) bond motifs is 1. The molecule has 0 atom stereocenters. The first kappa shape index (κ1) is 14.5. The second-order valence-electron chi connectivity index (χ2n) is 5.66. The van der Waals surface area contributed by atoms with Gasteiger partial charge in [0.2, 0.25) is 0 Å². The first-order valence-corrected chi connectivity index (χ1v) is 7.23. The average molecular weight is 303 g/mol. The van der Waals surface area contributed by atoms with E-state index in [0.717, 1.165) is 0 Å². The second-order valence-corrected chi connectivity index (χ2v) is 5.66. The Morgan fingerprint density at radius 3 is 2.64 bits per heavy atom. The Labute approximate surface area is 126 Å². The number of carbonyl (C=O) groups is 2. The minimum atomic E-state index is -0.788. The molecule has 3 rings (SSSR count). The lowest BCUT2D eigenvalue weighted by atomic mass is 9.96. The van der Waals surface area contributed by atoms with Crippen molar-refractivity contribution in [2.45, 2.75) is 26.7 Å². The number of aromatic nitrogens is 2. The van der Waals surface area contributed by atoms with E-state index in [4.69, 9.17) is 9.63 Å². The highest BCUT2D eigenvalue weighted by molar-refractivity contribution is 6.06. The number of carbonyl (C=O) groups excluding carboxylic acids is 1. The van der Waals surface area contributed by atoms with E-state index in [1.54, 1.807) is 24.8 Å². The third-order valence-electron chi connectivity index (χ3n) is 4.11. The lowest BCUT2D eigenvalue weighted by Crippen LogP contribution is -2.40. The fourth-order valence-electron chi connectivity index (χ4n) is 2.89. The Kier molecular flexibility index (Phi) is 3.56. The van der Waals surface area contributed by atoms with Gasteiger partial charge in [-0.15, -0.1) is 0 Å². The van der Waals surface area contributed by atoms with Crippen LogP contribution in [0.3, 0.4) is 0 Å². The van der Waals surface area contributed by atoms with E-state index in [1.165, 1.54) is 0 Å². The molecule has 1 saturated heterocycles. The summed E-state index contributed by atoms with van der Waals surface area (Å²) in [4.78, 5) is 29.7. The van der Waals surface area contributed by atoms with Gasteiger partial charge < -0.3 is 14.5 Å². The highest BCUT2D eigenvalue weighted by atomic mass is 16.5. The second kappa shape index (κ2) is 5.40. The van der Waals surface area contributed by atoms with Crippen LogP contribution in [-0.4, -0.2) is 45.1 Å². The van der Waals surface area contributed by atoms with Gasteiger partial charge in [-0.25, -0.2) is 4.98 Å². The van der Waals surface area contributed by atoms with E-state index < -0.39 is 5.97 Å². The number of piperidine rings is 1. The number of aryl methyl sites for hydroxylation is 2. The van der Waals surface area contributed by atoms with Gasteiger partial charge in [-0.3, -0.25) is 9.59 Å². The molecule has 0 bridgehead atoms. The molecule has 0 aromatic carbocycles. The molecule has 0 spiro atoms. The van der Waals surface area contributed by atoms with Crippen LogP contribution in [-0.2, 0) is 4.79 Å². The van der Waals surface area contributed by atoms with Crippen LogP contribution in [0.4, 0.5) is 0 Å². The quantitative estimate of drug-likeness (QED) is 0.908. The van der Waals surface area contributed by atoms with Gasteiger partial charge in [0.05, 0.1) is 22.6 Å². The number of carboxylic acids is 1. The Balaban J connectivity index is 1.90. The van der Waals surface area contributed by atoms with Crippen LogP contribution in [0, 0.1) is 19.8 Å². The molecule has 3 heterocycles. The predicted octanol–water partition coefficient (Wildman–Crippen LogP) is 1.78. The summed E-state index contributed by atoms with van der Waals surface area (Å²) in [7, 11) is 0. The third kappa shape index (κ3) is 2.43. The van der Waals surface area contributed by atoms with Crippen molar-refractivity contribution < 1.29 is 19.2 Å².